The molecule has 2 heterocycles. The lowest BCUT2D eigenvalue weighted by atomic mass is 10.0. The van der Waals surface area contributed by atoms with Gasteiger partial charge in [-0.1, -0.05) is 23.7 Å². The number of carbonyl (C=O) groups excluding carboxylic acids is 1. The quantitative estimate of drug-likeness (QED) is 0.439. The maximum Gasteiger partial charge on any atom is 0.417 e. The van der Waals surface area contributed by atoms with Crippen LogP contribution in [0.2, 0.25) is 5.02 Å². The highest BCUT2D eigenvalue weighted by molar-refractivity contribution is 6.30. The van der Waals surface area contributed by atoms with E-state index in [0.29, 0.717) is 42.3 Å². The summed E-state index contributed by atoms with van der Waals surface area (Å²) in [5, 5.41) is 12.5. The molecule has 5 rings (SSSR count). The molecular formula is C26H21ClF3N3O4. The summed E-state index contributed by atoms with van der Waals surface area (Å²) in [5.41, 5.74) is -1.19. The molecule has 1 aliphatic carbocycles. The molecule has 1 aliphatic heterocycles. The minimum atomic E-state index is -4.67. The summed E-state index contributed by atoms with van der Waals surface area (Å²) in [5.74, 6) is -1.01. The summed E-state index contributed by atoms with van der Waals surface area (Å²) in [6, 6.07) is 13.7. The van der Waals surface area contributed by atoms with E-state index >= 15 is 0 Å². The van der Waals surface area contributed by atoms with Gasteiger partial charge in [-0.25, -0.2) is 9.78 Å². The Bertz CT molecular complexity index is 1340. The number of carbonyl (C=O) groups is 2. The summed E-state index contributed by atoms with van der Waals surface area (Å²) >= 11 is 5.89. The van der Waals surface area contributed by atoms with Crippen molar-refractivity contribution in [1.82, 2.24) is 10.3 Å². The van der Waals surface area contributed by atoms with Gasteiger partial charge in [-0.2, -0.15) is 13.2 Å². The third-order valence-corrected chi connectivity index (χ3v) is 6.74. The van der Waals surface area contributed by atoms with Crippen LogP contribution in [0.4, 0.5) is 19.0 Å². The molecule has 7 nitrogen and oxygen atoms in total. The Balaban J connectivity index is 1.35. The molecule has 0 unspecified atom stereocenters. The van der Waals surface area contributed by atoms with Crippen LogP contribution in [-0.2, 0) is 11.7 Å². The molecule has 2 fully saturated rings. The van der Waals surface area contributed by atoms with Crippen LogP contribution in [-0.4, -0.2) is 41.2 Å². The van der Waals surface area contributed by atoms with Gasteiger partial charge in [0, 0.05) is 11.2 Å². The molecule has 3 aromatic rings. The molecule has 0 radical (unpaired) electrons. The number of hydrogen-bond donors (Lipinski definition) is 2. The predicted molar refractivity (Wildman–Crippen MR) is 129 cm³/mol. The molecule has 1 saturated carbocycles. The summed E-state index contributed by atoms with van der Waals surface area (Å²) in [4.78, 5) is 30.1. The number of carboxylic acid groups (broad SMARTS) is 1. The molecule has 0 bridgehead atoms. The standard InChI is InChI=1S/C26H21ClF3N3O4/c27-18-5-7-19(8-6-18)37-20-13-33(14-20)22-21(11-17(12-31-22)26(28,29)30)23(34)32-25(9-10-25)16-3-1-15(2-4-16)24(35)36/h1-8,11-12,20H,9-10,13-14H2,(H,32,34)(H,35,36). The van der Waals surface area contributed by atoms with Crippen molar-refractivity contribution in [2.75, 3.05) is 18.0 Å². The number of aromatic carboxylic acids is 1. The zero-order valence-electron chi connectivity index (χ0n) is 19.3. The van der Waals surface area contributed by atoms with Crippen molar-refractivity contribution in [2.45, 2.75) is 30.7 Å². The van der Waals surface area contributed by atoms with Gasteiger partial charge in [0.2, 0.25) is 0 Å². The van der Waals surface area contributed by atoms with E-state index < -0.39 is 29.2 Å². The van der Waals surface area contributed by atoms with Gasteiger partial charge in [0.05, 0.1) is 35.3 Å². The number of rotatable bonds is 7. The highest BCUT2D eigenvalue weighted by Crippen LogP contribution is 2.46. The van der Waals surface area contributed by atoms with Gasteiger partial charge in [0.15, 0.2) is 0 Å². The molecular weight excluding hydrogens is 511 g/mol. The molecule has 2 aromatic carbocycles. The van der Waals surface area contributed by atoms with Crippen molar-refractivity contribution in [3.8, 4) is 5.75 Å². The number of alkyl halides is 3. The highest BCUT2D eigenvalue weighted by atomic mass is 35.5. The van der Waals surface area contributed by atoms with E-state index in [2.05, 4.69) is 10.3 Å². The number of benzene rings is 2. The van der Waals surface area contributed by atoms with Crippen molar-refractivity contribution < 1.29 is 32.6 Å². The van der Waals surface area contributed by atoms with E-state index in [-0.39, 0.29) is 23.0 Å². The van der Waals surface area contributed by atoms with E-state index in [1.807, 2.05) is 0 Å². The Labute approximate surface area is 214 Å². The fourth-order valence-corrected chi connectivity index (χ4v) is 4.38. The number of nitrogens with one attached hydrogen (secondary N) is 1. The van der Waals surface area contributed by atoms with Crippen LogP contribution in [0.1, 0.15) is 44.7 Å². The molecule has 1 amide bonds. The first kappa shape index (κ1) is 24.9. The van der Waals surface area contributed by atoms with E-state index in [1.165, 1.54) is 12.1 Å². The second-order valence-electron chi connectivity index (χ2n) is 9.11. The van der Waals surface area contributed by atoms with E-state index in [9.17, 15) is 22.8 Å². The van der Waals surface area contributed by atoms with Gasteiger partial charge in [0.25, 0.3) is 5.91 Å². The van der Waals surface area contributed by atoms with Crippen molar-refractivity contribution in [2.24, 2.45) is 0 Å². The average Bonchev–Trinajstić information content (AvgIpc) is 3.62. The highest BCUT2D eigenvalue weighted by Gasteiger charge is 2.46. The first-order chi connectivity index (χ1) is 17.5. The van der Waals surface area contributed by atoms with Crippen LogP contribution >= 0.6 is 11.6 Å². The third-order valence-electron chi connectivity index (χ3n) is 6.49. The number of pyridine rings is 1. The number of halogens is 4. The lowest BCUT2D eigenvalue weighted by Crippen LogP contribution is -2.55. The molecule has 192 valence electrons. The zero-order valence-corrected chi connectivity index (χ0v) is 20.0. The van der Waals surface area contributed by atoms with Crippen molar-refractivity contribution in [3.05, 3.63) is 88.1 Å². The maximum absolute atomic E-state index is 13.4. The van der Waals surface area contributed by atoms with Crippen LogP contribution in [0.15, 0.2) is 60.8 Å². The largest absolute Gasteiger partial charge is 0.487 e. The second-order valence-corrected chi connectivity index (χ2v) is 9.55. The number of amides is 1. The molecule has 0 spiro atoms. The van der Waals surface area contributed by atoms with E-state index in [0.717, 1.165) is 12.3 Å². The van der Waals surface area contributed by atoms with E-state index in [4.69, 9.17) is 21.4 Å². The fourth-order valence-electron chi connectivity index (χ4n) is 4.25. The Morgan fingerprint density at radius 1 is 1.08 bits per heavy atom. The van der Waals surface area contributed by atoms with Crippen molar-refractivity contribution >= 4 is 29.3 Å². The molecule has 37 heavy (non-hydrogen) atoms. The average molecular weight is 532 g/mol. The summed E-state index contributed by atoms with van der Waals surface area (Å²) in [6.45, 7) is 0.673. The molecule has 0 atom stereocenters. The minimum Gasteiger partial charge on any atom is -0.487 e. The van der Waals surface area contributed by atoms with Crippen LogP contribution in [0.3, 0.4) is 0 Å². The van der Waals surface area contributed by atoms with Crippen LogP contribution in [0, 0.1) is 0 Å². The molecule has 1 saturated heterocycles. The number of hydrogen-bond acceptors (Lipinski definition) is 5. The van der Waals surface area contributed by atoms with Gasteiger partial charge in [-0.15, -0.1) is 0 Å². The molecule has 1 aromatic heterocycles. The van der Waals surface area contributed by atoms with Gasteiger partial charge in [0.1, 0.15) is 17.7 Å². The Morgan fingerprint density at radius 2 is 1.73 bits per heavy atom. The Hall–Kier alpha value is -3.79. The number of carboxylic acids is 1. The first-order valence-electron chi connectivity index (χ1n) is 11.4. The van der Waals surface area contributed by atoms with E-state index in [1.54, 1.807) is 41.3 Å². The SMILES string of the molecule is O=C(O)c1ccc(C2(NC(=O)c3cc(C(F)(F)F)cnc3N3CC(Oc4ccc(Cl)cc4)C3)CC2)cc1. The van der Waals surface area contributed by atoms with Crippen LogP contribution < -0.4 is 15.0 Å². The number of anilines is 1. The monoisotopic (exact) mass is 531 g/mol. The number of aromatic nitrogens is 1. The molecule has 2 N–H and O–H groups in total. The summed E-state index contributed by atoms with van der Waals surface area (Å²) in [7, 11) is 0. The number of nitrogens with zero attached hydrogens (tertiary/aromatic N) is 2. The molecule has 11 heteroatoms. The molecule has 2 aliphatic rings. The van der Waals surface area contributed by atoms with Gasteiger partial charge < -0.3 is 20.1 Å². The topological polar surface area (TPSA) is 91.8 Å². The predicted octanol–water partition coefficient (Wildman–Crippen LogP) is 5.14. The van der Waals surface area contributed by atoms with Crippen molar-refractivity contribution in [3.63, 3.8) is 0 Å². The second kappa shape index (κ2) is 9.26. The smallest absolute Gasteiger partial charge is 0.417 e. The maximum atomic E-state index is 13.4. The fraction of sp³-hybridized carbons (Fsp3) is 0.269. The lowest BCUT2D eigenvalue weighted by molar-refractivity contribution is -0.137. The van der Waals surface area contributed by atoms with Gasteiger partial charge in [-0.3, -0.25) is 4.79 Å². The normalized spacial score (nSPS) is 16.6. The Kier molecular flexibility index (Phi) is 6.23. The lowest BCUT2D eigenvalue weighted by Gasteiger charge is -2.40. The third kappa shape index (κ3) is 5.20. The summed E-state index contributed by atoms with van der Waals surface area (Å²) < 4.78 is 46.2. The first-order valence-corrected chi connectivity index (χ1v) is 11.8. The number of ether oxygens (including phenoxy) is 1. The van der Waals surface area contributed by atoms with Crippen molar-refractivity contribution in [1.29, 1.82) is 0 Å². The summed E-state index contributed by atoms with van der Waals surface area (Å²) in [6.07, 6.45) is -3.03. The van der Waals surface area contributed by atoms with Crippen LogP contribution in [0.25, 0.3) is 0 Å². The zero-order chi connectivity index (χ0) is 26.4. The van der Waals surface area contributed by atoms with Gasteiger partial charge in [-0.05, 0) is 60.9 Å². The Morgan fingerprint density at radius 3 is 2.30 bits per heavy atom. The van der Waals surface area contributed by atoms with Crippen LogP contribution in [0.5, 0.6) is 5.75 Å². The minimum absolute atomic E-state index is 0.100. The van der Waals surface area contributed by atoms with Gasteiger partial charge >= 0.3 is 12.1 Å².